The smallest absolute Gasteiger partial charge is 0.373 e. The van der Waals surface area contributed by atoms with Crippen LogP contribution < -0.4 is 0 Å². The van der Waals surface area contributed by atoms with Crippen molar-refractivity contribution in [2.24, 2.45) is 0 Å². The Labute approximate surface area is 175 Å². The third-order valence-corrected chi connectivity index (χ3v) is 4.95. The van der Waals surface area contributed by atoms with Crippen molar-refractivity contribution >= 4 is 17.8 Å². The molecule has 0 saturated heterocycles. The molecule has 158 valence electrons. The van der Waals surface area contributed by atoms with Crippen LogP contribution in [-0.4, -0.2) is 36.0 Å². The molecule has 1 aromatic heterocycles. The van der Waals surface area contributed by atoms with Crippen molar-refractivity contribution in [3.63, 3.8) is 0 Å². The molecule has 1 atom stereocenters. The topological polar surface area (TPSA) is 86.0 Å². The molecule has 3 rings (SSSR count). The van der Waals surface area contributed by atoms with Gasteiger partial charge in [-0.3, -0.25) is 4.79 Å². The molecule has 7 heteroatoms. The van der Waals surface area contributed by atoms with E-state index in [1.165, 1.54) is 18.1 Å². The van der Waals surface area contributed by atoms with Crippen molar-refractivity contribution in [2.75, 3.05) is 7.11 Å². The molecule has 1 aliphatic rings. The highest BCUT2D eigenvalue weighted by Crippen LogP contribution is 2.37. The fraction of sp³-hybridized carbons (Fsp3) is 0.348. The fourth-order valence-electron chi connectivity index (χ4n) is 3.54. The van der Waals surface area contributed by atoms with Gasteiger partial charge < -0.3 is 18.8 Å². The van der Waals surface area contributed by atoms with Crippen molar-refractivity contribution in [3.05, 3.63) is 70.8 Å². The summed E-state index contributed by atoms with van der Waals surface area (Å²) in [5.74, 6) is -1.09. The number of carbonyl (C=O) groups is 3. The Morgan fingerprint density at radius 1 is 1.13 bits per heavy atom. The average molecular weight is 411 g/mol. The van der Waals surface area contributed by atoms with E-state index in [2.05, 4.69) is 4.74 Å². The van der Waals surface area contributed by atoms with Crippen LogP contribution in [0.3, 0.4) is 0 Å². The van der Waals surface area contributed by atoms with Crippen LogP contribution in [0.25, 0.3) is 0 Å². The summed E-state index contributed by atoms with van der Waals surface area (Å²) in [5, 5.41) is 0. The van der Waals surface area contributed by atoms with Crippen LogP contribution in [0, 0.1) is 0 Å². The first-order valence-electron chi connectivity index (χ1n) is 9.76. The summed E-state index contributed by atoms with van der Waals surface area (Å²) in [6.07, 6.45) is -0.151. The maximum atomic E-state index is 13.0. The van der Waals surface area contributed by atoms with Gasteiger partial charge in [-0.1, -0.05) is 30.3 Å². The highest BCUT2D eigenvalue weighted by atomic mass is 16.5. The van der Waals surface area contributed by atoms with Crippen molar-refractivity contribution < 1.29 is 28.3 Å². The Balaban J connectivity index is 1.97. The minimum absolute atomic E-state index is 0.0557. The van der Waals surface area contributed by atoms with Gasteiger partial charge in [0.1, 0.15) is 5.76 Å². The molecule has 1 aromatic carbocycles. The second kappa shape index (κ2) is 8.98. The summed E-state index contributed by atoms with van der Waals surface area (Å²) in [7, 11) is 1.27. The molecule has 0 unspecified atom stereocenters. The van der Waals surface area contributed by atoms with E-state index >= 15 is 0 Å². The summed E-state index contributed by atoms with van der Waals surface area (Å²) in [4.78, 5) is 39.0. The first-order chi connectivity index (χ1) is 14.3. The van der Waals surface area contributed by atoms with E-state index in [-0.39, 0.29) is 36.7 Å². The highest BCUT2D eigenvalue weighted by molar-refractivity contribution is 5.96. The van der Waals surface area contributed by atoms with Gasteiger partial charge >= 0.3 is 11.9 Å². The molecule has 2 aromatic rings. The lowest BCUT2D eigenvalue weighted by Gasteiger charge is -2.34. The minimum Gasteiger partial charge on any atom is -0.463 e. The molecule has 1 aliphatic heterocycles. The number of methoxy groups -OCH3 is 1. The van der Waals surface area contributed by atoms with Crippen LogP contribution in [0.15, 0.2) is 58.2 Å². The molecular weight excluding hydrogens is 386 g/mol. The number of carbonyl (C=O) groups excluding carboxylic acids is 3. The fourth-order valence-corrected chi connectivity index (χ4v) is 3.54. The van der Waals surface area contributed by atoms with E-state index in [4.69, 9.17) is 9.15 Å². The molecule has 0 radical (unpaired) electrons. The van der Waals surface area contributed by atoms with Gasteiger partial charge in [-0.2, -0.15) is 0 Å². The quantitative estimate of drug-likeness (QED) is 0.672. The van der Waals surface area contributed by atoms with Crippen molar-refractivity contribution in [1.29, 1.82) is 0 Å². The SMILES string of the molecule is COC(=O)c1ccc(CN2C(=O)C[C@H](c3ccccc3)C(C(=O)OC(C)C)=C2C)o1. The van der Waals surface area contributed by atoms with Crippen LogP contribution in [-0.2, 0) is 25.6 Å². The van der Waals surface area contributed by atoms with Crippen molar-refractivity contribution in [1.82, 2.24) is 4.90 Å². The molecule has 0 N–H and O–H groups in total. The maximum absolute atomic E-state index is 13.0. The molecule has 1 amide bonds. The molecule has 0 aliphatic carbocycles. The molecule has 0 spiro atoms. The normalized spacial score (nSPS) is 16.8. The van der Waals surface area contributed by atoms with Crippen molar-refractivity contribution in [2.45, 2.75) is 45.8 Å². The number of ether oxygens (including phenoxy) is 2. The molecule has 0 saturated carbocycles. The van der Waals surface area contributed by atoms with Crippen LogP contribution in [0.4, 0.5) is 0 Å². The lowest BCUT2D eigenvalue weighted by Crippen LogP contribution is -2.38. The third-order valence-electron chi connectivity index (χ3n) is 4.95. The number of rotatable bonds is 6. The van der Waals surface area contributed by atoms with Gasteiger partial charge in [0.05, 0.1) is 25.3 Å². The Bertz CT molecular complexity index is 973. The second-order valence-corrected chi connectivity index (χ2v) is 7.36. The minimum atomic E-state index is -0.594. The first kappa shape index (κ1) is 21.4. The largest absolute Gasteiger partial charge is 0.463 e. The van der Waals surface area contributed by atoms with E-state index in [1.54, 1.807) is 26.8 Å². The van der Waals surface area contributed by atoms with Crippen LogP contribution in [0.1, 0.15) is 55.0 Å². The summed E-state index contributed by atoms with van der Waals surface area (Å²) in [5.41, 5.74) is 1.85. The van der Waals surface area contributed by atoms with Gasteiger partial charge in [0.2, 0.25) is 11.7 Å². The van der Waals surface area contributed by atoms with Gasteiger partial charge in [-0.25, -0.2) is 9.59 Å². The summed E-state index contributed by atoms with van der Waals surface area (Å²) < 4.78 is 15.6. The monoisotopic (exact) mass is 411 g/mol. The number of amides is 1. The highest BCUT2D eigenvalue weighted by Gasteiger charge is 2.37. The summed E-state index contributed by atoms with van der Waals surface area (Å²) in [6.45, 7) is 5.40. The van der Waals surface area contributed by atoms with Crippen LogP contribution in [0.2, 0.25) is 0 Å². The van der Waals surface area contributed by atoms with Gasteiger partial charge in [-0.05, 0) is 38.5 Å². The number of hydrogen-bond acceptors (Lipinski definition) is 6. The number of allylic oxidation sites excluding steroid dienone is 1. The van der Waals surface area contributed by atoms with Gasteiger partial charge in [0.25, 0.3) is 0 Å². The number of esters is 2. The summed E-state index contributed by atoms with van der Waals surface area (Å²) >= 11 is 0. The number of furan rings is 1. The molecule has 0 bridgehead atoms. The van der Waals surface area contributed by atoms with Gasteiger partial charge in [-0.15, -0.1) is 0 Å². The number of hydrogen-bond donors (Lipinski definition) is 0. The maximum Gasteiger partial charge on any atom is 0.373 e. The van der Waals surface area contributed by atoms with E-state index in [0.29, 0.717) is 17.0 Å². The standard InChI is InChI=1S/C23H25NO6/c1-14(2)29-23(27)21-15(3)24(13-17-10-11-19(30-17)22(26)28-4)20(25)12-18(21)16-8-6-5-7-9-16/h5-11,14,18H,12-13H2,1-4H3/t18-/m1/s1. The second-order valence-electron chi connectivity index (χ2n) is 7.36. The molecule has 30 heavy (non-hydrogen) atoms. The number of nitrogens with zero attached hydrogens (tertiary/aromatic N) is 1. The predicted molar refractivity (Wildman–Crippen MR) is 108 cm³/mol. The van der Waals surface area contributed by atoms with Crippen LogP contribution >= 0.6 is 0 Å². The Morgan fingerprint density at radius 3 is 2.47 bits per heavy atom. The molecule has 2 heterocycles. The van der Waals surface area contributed by atoms with E-state index in [9.17, 15) is 14.4 Å². The predicted octanol–water partition coefficient (Wildman–Crippen LogP) is 3.81. The van der Waals surface area contributed by atoms with E-state index < -0.39 is 11.9 Å². The average Bonchev–Trinajstić information content (AvgIpc) is 3.18. The zero-order chi connectivity index (χ0) is 21.8. The van der Waals surface area contributed by atoms with Gasteiger partial charge in [0, 0.05) is 18.0 Å². The Hall–Kier alpha value is -3.35. The number of benzene rings is 1. The molecular formula is C23H25NO6. The Kier molecular flexibility index (Phi) is 6.40. The van der Waals surface area contributed by atoms with Gasteiger partial charge in [0.15, 0.2) is 0 Å². The molecule has 0 fully saturated rings. The third kappa shape index (κ3) is 4.45. The van der Waals surface area contributed by atoms with E-state index in [1.807, 2.05) is 30.3 Å². The molecule has 7 nitrogen and oxygen atoms in total. The summed E-state index contributed by atoms with van der Waals surface area (Å²) in [6, 6.07) is 12.6. The zero-order valence-electron chi connectivity index (χ0n) is 17.5. The first-order valence-corrected chi connectivity index (χ1v) is 9.76. The lowest BCUT2D eigenvalue weighted by atomic mass is 9.83. The van der Waals surface area contributed by atoms with Crippen molar-refractivity contribution in [3.8, 4) is 0 Å². The zero-order valence-corrected chi connectivity index (χ0v) is 17.5. The Morgan fingerprint density at radius 2 is 1.83 bits per heavy atom. The van der Waals surface area contributed by atoms with E-state index in [0.717, 1.165) is 5.56 Å². The lowest BCUT2D eigenvalue weighted by molar-refractivity contribution is -0.144. The van der Waals surface area contributed by atoms with Crippen LogP contribution in [0.5, 0.6) is 0 Å².